The van der Waals surface area contributed by atoms with Crippen LogP contribution in [0.3, 0.4) is 0 Å². The highest BCUT2D eigenvalue weighted by molar-refractivity contribution is 5.80. The van der Waals surface area contributed by atoms with Gasteiger partial charge in [-0.05, 0) is 103 Å². The van der Waals surface area contributed by atoms with Crippen molar-refractivity contribution in [3.8, 4) is 0 Å². The van der Waals surface area contributed by atoms with E-state index in [0.717, 1.165) is 95.0 Å². The Morgan fingerprint density at radius 2 is 1.00 bits per heavy atom. The fourth-order valence-corrected chi connectivity index (χ4v) is 8.58. The molecule has 5 heteroatoms. The minimum Gasteiger partial charge on any atom is -0.490 e. The van der Waals surface area contributed by atoms with Gasteiger partial charge in [-0.25, -0.2) is 0 Å². The molecule has 0 bridgehead atoms. The Kier molecular flexibility index (Phi) is 39.6. The van der Waals surface area contributed by atoms with Gasteiger partial charge in [-0.1, -0.05) is 194 Å². The van der Waals surface area contributed by atoms with Crippen LogP contribution in [0.5, 0.6) is 0 Å². The molecule has 0 heterocycles. The third-order valence-corrected chi connectivity index (χ3v) is 12.9. The Labute approximate surface area is 374 Å². The highest BCUT2D eigenvalue weighted by Crippen LogP contribution is 2.28. The van der Waals surface area contributed by atoms with Gasteiger partial charge in [0, 0.05) is 25.3 Å². The number of allylic oxidation sites excluding steroid dienone is 2. The molecule has 1 saturated carbocycles. The van der Waals surface area contributed by atoms with Gasteiger partial charge in [0.25, 0.3) is 0 Å². The van der Waals surface area contributed by atoms with Gasteiger partial charge in [0.05, 0.1) is 12.7 Å². The van der Waals surface area contributed by atoms with Gasteiger partial charge in [0.2, 0.25) is 5.91 Å². The molecule has 0 radical (unpaired) electrons. The van der Waals surface area contributed by atoms with Gasteiger partial charge in [-0.3, -0.25) is 4.79 Å². The van der Waals surface area contributed by atoms with E-state index >= 15 is 0 Å². The molecule has 350 valence electrons. The molecular formula is C55H102N2O3. The van der Waals surface area contributed by atoms with Crippen molar-refractivity contribution in [2.45, 2.75) is 265 Å². The van der Waals surface area contributed by atoms with Crippen LogP contribution in [0.4, 0.5) is 0 Å². The first kappa shape index (κ1) is 56.1. The van der Waals surface area contributed by atoms with Gasteiger partial charge in [0.1, 0.15) is 11.5 Å². The molecule has 1 amide bonds. The third-order valence-electron chi connectivity index (χ3n) is 12.9. The van der Waals surface area contributed by atoms with Gasteiger partial charge in [0.15, 0.2) is 0 Å². The summed E-state index contributed by atoms with van der Waals surface area (Å²) < 4.78 is 12.8. The highest BCUT2D eigenvalue weighted by atomic mass is 16.5. The Morgan fingerprint density at radius 1 is 0.550 bits per heavy atom. The first-order valence-electron chi connectivity index (χ1n) is 26.6. The Morgan fingerprint density at radius 3 is 1.50 bits per heavy atom. The van der Waals surface area contributed by atoms with Crippen molar-refractivity contribution >= 4 is 5.91 Å². The number of rotatable bonds is 47. The van der Waals surface area contributed by atoms with Crippen LogP contribution in [0.1, 0.15) is 259 Å². The van der Waals surface area contributed by atoms with Crippen molar-refractivity contribution in [3.63, 3.8) is 0 Å². The zero-order valence-electron chi connectivity index (χ0n) is 40.8. The van der Waals surface area contributed by atoms with Crippen LogP contribution in [0.25, 0.3) is 0 Å². The van der Waals surface area contributed by atoms with Crippen molar-refractivity contribution in [1.29, 1.82) is 0 Å². The van der Waals surface area contributed by atoms with Crippen LogP contribution in [-0.4, -0.2) is 49.7 Å². The lowest BCUT2D eigenvalue weighted by Crippen LogP contribution is -2.32. The number of hydrogen-bond acceptors (Lipinski definition) is 4. The lowest BCUT2D eigenvalue weighted by molar-refractivity contribution is -0.122. The van der Waals surface area contributed by atoms with Crippen molar-refractivity contribution in [1.82, 2.24) is 10.2 Å². The number of unbranched alkanes of at least 4 members (excludes halogenated alkanes) is 20. The lowest BCUT2D eigenvalue weighted by atomic mass is 9.93. The van der Waals surface area contributed by atoms with Crippen LogP contribution in [0.2, 0.25) is 0 Å². The third kappa shape index (κ3) is 34.6. The fourth-order valence-electron chi connectivity index (χ4n) is 8.58. The summed E-state index contributed by atoms with van der Waals surface area (Å²) in [6, 6.07) is 0. The van der Waals surface area contributed by atoms with Crippen LogP contribution in [0, 0.1) is 11.8 Å². The van der Waals surface area contributed by atoms with Gasteiger partial charge < -0.3 is 19.7 Å². The molecule has 1 aliphatic rings. The predicted molar refractivity (Wildman–Crippen MR) is 261 cm³/mol. The van der Waals surface area contributed by atoms with E-state index in [4.69, 9.17) is 9.47 Å². The number of nitrogens with one attached hydrogen (secondary N) is 1. The number of carbonyl (C=O) groups is 1. The number of nitrogens with zero attached hydrogens (tertiary/aromatic N) is 1. The Balaban J connectivity index is 2.39. The van der Waals surface area contributed by atoms with Crippen molar-refractivity contribution in [3.05, 3.63) is 36.1 Å². The summed E-state index contributed by atoms with van der Waals surface area (Å²) >= 11 is 0. The smallest absolute Gasteiger partial charge is 0.223 e. The van der Waals surface area contributed by atoms with E-state index in [1.807, 2.05) is 0 Å². The molecule has 0 aliphatic heterocycles. The highest BCUT2D eigenvalue weighted by Gasteiger charge is 2.29. The van der Waals surface area contributed by atoms with Crippen LogP contribution >= 0.6 is 0 Å². The zero-order valence-corrected chi connectivity index (χ0v) is 40.8. The molecule has 0 aromatic rings. The molecule has 0 aromatic carbocycles. The van der Waals surface area contributed by atoms with Crippen LogP contribution in [-0.2, 0) is 14.3 Å². The maximum Gasteiger partial charge on any atom is 0.223 e. The molecule has 0 saturated heterocycles. The number of carbonyl (C=O) groups excluding carboxylic acids is 1. The van der Waals surface area contributed by atoms with Crippen LogP contribution in [0.15, 0.2) is 36.1 Å². The standard InChI is InChI=1S/C55H102N2O3/c1-7-13-17-19-23-31-40-54(41-32-24-20-18-14-8-2)60-53(12-6)39-30-26-22-28-34-47-57(48-35-45-56-55(58)51-42-43-51)46-33-27-21-25-29-38-52(11-5)59-49-44-50(36-15-9-3)37-16-10-4/h50-51,54H,5-10,13-49H2,1-4H3,(H,56,58). The summed E-state index contributed by atoms with van der Waals surface area (Å²) in [6.45, 7) is 22.2. The molecule has 5 nitrogen and oxygen atoms in total. The van der Waals surface area contributed by atoms with E-state index in [0.29, 0.717) is 12.0 Å². The number of amides is 1. The fraction of sp³-hybridized carbons (Fsp3) is 0.873. The SMILES string of the molecule is C=C=C(CCCCCCCN(CCCCCCCC(=C=C)OC(CCCCCCCC)CCCCCCCC)CCCNC(=O)C1CC1)OCCC(CCCC)CCCC. The normalized spacial score (nSPS) is 12.6. The maximum atomic E-state index is 12.2. The second-order valence-corrected chi connectivity index (χ2v) is 18.6. The molecular weight excluding hydrogens is 737 g/mol. The Hall–Kier alpha value is -1.93. The molecule has 0 unspecified atom stereocenters. The Bertz CT molecular complexity index is 1050. The van der Waals surface area contributed by atoms with E-state index in [2.05, 4.69) is 62.5 Å². The summed E-state index contributed by atoms with van der Waals surface area (Å²) in [7, 11) is 0. The van der Waals surface area contributed by atoms with E-state index < -0.39 is 0 Å². The average Bonchev–Trinajstić information content (AvgIpc) is 4.12. The van der Waals surface area contributed by atoms with Gasteiger partial charge in [-0.15, -0.1) is 0 Å². The van der Waals surface area contributed by atoms with Crippen molar-refractivity contribution < 1.29 is 14.3 Å². The number of ether oxygens (including phenoxy) is 2. The van der Waals surface area contributed by atoms with E-state index in [9.17, 15) is 4.79 Å². The maximum absolute atomic E-state index is 12.2. The summed E-state index contributed by atoms with van der Waals surface area (Å²) in [4.78, 5) is 14.8. The summed E-state index contributed by atoms with van der Waals surface area (Å²) in [5, 5.41) is 3.18. The topological polar surface area (TPSA) is 50.8 Å². The molecule has 0 atom stereocenters. The summed E-state index contributed by atoms with van der Waals surface area (Å²) in [5.41, 5.74) is 6.28. The number of hydrogen-bond donors (Lipinski definition) is 1. The first-order valence-corrected chi connectivity index (χ1v) is 26.6. The minimum absolute atomic E-state index is 0.274. The second-order valence-electron chi connectivity index (χ2n) is 18.6. The zero-order chi connectivity index (χ0) is 43.6. The molecule has 60 heavy (non-hydrogen) atoms. The molecule has 1 N–H and O–H groups in total. The quantitative estimate of drug-likeness (QED) is 0.0377. The summed E-state index contributed by atoms with van der Waals surface area (Å²) in [6.07, 6.45) is 45.4. The molecule has 1 rings (SSSR count). The molecule has 1 aliphatic carbocycles. The largest absolute Gasteiger partial charge is 0.490 e. The van der Waals surface area contributed by atoms with Gasteiger partial charge in [-0.2, -0.15) is 0 Å². The van der Waals surface area contributed by atoms with Crippen molar-refractivity contribution in [2.24, 2.45) is 11.8 Å². The second kappa shape index (κ2) is 42.4. The summed E-state index contributed by atoms with van der Waals surface area (Å²) in [5.74, 6) is 3.35. The average molecular weight is 839 g/mol. The molecule has 1 fully saturated rings. The monoisotopic (exact) mass is 839 g/mol. The van der Waals surface area contributed by atoms with E-state index in [-0.39, 0.29) is 5.91 Å². The van der Waals surface area contributed by atoms with Crippen LogP contribution < -0.4 is 5.32 Å². The molecule has 0 spiro atoms. The first-order chi connectivity index (χ1) is 29.5. The van der Waals surface area contributed by atoms with Crippen molar-refractivity contribution in [2.75, 3.05) is 32.8 Å². The van der Waals surface area contributed by atoms with E-state index in [1.54, 1.807) is 0 Å². The molecule has 0 aromatic heterocycles. The van der Waals surface area contributed by atoms with E-state index in [1.165, 1.54) is 186 Å². The van der Waals surface area contributed by atoms with Gasteiger partial charge >= 0.3 is 0 Å². The lowest BCUT2D eigenvalue weighted by Gasteiger charge is -2.22. The minimum atomic E-state index is 0.274. The predicted octanol–water partition coefficient (Wildman–Crippen LogP) is 16.5.